The zero-order valence-corrected chi connectivity index (χ0v) is 16.5. The summed E-state index contributed by atoms with van der Waals surface area (Å²) in [5.74, 6) is -0.415. The Labute approximate surface area is 171 Å². The third-order valence-corrected chi connectivity index (χ3v) is 4.84. The van der Waals surface area contributed by atoms with E-state index in [9.17, 15) is 14.9 Å². The van der Waals surface area contributed by atoms with Gasteiger partial charge in [-0.05, 0) is 51.8 Å². The first-order chi connectivity index (χ1) is 13.6. The fourth-order valence-electron chi connectivity index (χ4n) is 2.67. The van der Waals surface area contributed by atoms with Gasteiger partial charge in [0.25, 0.3) is 5.91 Å². The van der Waals surface area contributed by atoms with Gasteiger partial charge in [-0.3, -0.25) is 4.79 Å². The number of hydrogen-bond donors (Lipinski definition) is 0. The van der Waals surface area contributed by atoms with Crippen molar-refractivity contribution in [1.29, 1.82) is 5.26 Å². The van der Waals surface area contributed by atoms with Crippen LogP contribution in [0.3, 0.4) is 0 Å². The number of benzene rings is 2. The molecular weight excluding hydrogens is 424 g/mol. The number of hydrogen-bond acceptors (Lipinski definition) is 5. The molecule has 6 nitrogen and oxygen atoms in total. The summed E-state index contributed by atoms with van der Waals surface area (Å²) in [5.41, 5.74) is 1.15. The fourth-order valence-corrected chi connectivity index (χ4v) is 3.11. The van der Waals surface area contributed by atoms with Gasteiger partial charge in [-0.25, -0.2) is 4.79 Å². The van der Waals surface area contributed by atoms with Crippen LogP contribution in [-0.2, 0) is 9.53 Å². The van der Waals surface area contributed by atoms with Crippen molar-refractivity contribution in [3.63, 3.8) is 0 Å². The molecule has 0 atom stereocenters. The number of rotatable bonds is 4. The smallest absolute Gasteiger partial charge is 0.344 e. The lowest BCUT2D eigenvalue weighted by atomic mass is 10.1. The number of ether oxygens (including phenoxy) is 2. The van der Waals surface area contributed by atoms with Crippen LogP contribution in [-0.4, -0.2) is 43.1 Å². The van der Waals surface area contributed by atoms with E-state index < -0.39 is 5.97 Å². The number of nitriles is 1. The second-order valence-electron chi connectivity index (χ2n) is 6.01. The molecule has 0 radical (unpaired) electrons. The molecule has 0 unspecified atom stereocenters. The van der Waals surface area contributed by atoms with Crippen molar-refractivity contribution in [2.45, 2.75) is 0 Å². The Morgan fingerprint density at radius 1 is 1.11 bits per heavy atom. The van der Waals surface area contributed by atoms with Crippen molar-refractivity contribution in [2.75, 3.05) is 26.3 Å². The number of morpholine rings is 1. The molecule has 1 saturated heterocycles. The van der Waals surface area contributed by atoms with E-state index in [0.29, 0.717) is 47.7 Å². The summed E-state index contributed by atoms with van der Waals surface area (Å²) in [5, 5.41) is 9.34. The van der Waals surface area contributed by atoms with Gasteiger partial charge in [0, 0.05) is 17.6 Å². The Hall–Kier alpha value is -2.95. The molecule has 142 valence electrons. The SMILES string of the molecule is N#C/C(=C\c1ccc(OC(=O)c2ccccc2Br)cc1)C(=O)N1CCOCC1. The minimum atomic E-state index is -0.476. The van der Waals surface area contributed by atoms with Crippen LogP contribution in [0.15, 0.2) is 58.6 Å². The normalized spacial score (nSPS) is 14.3. The van der Waals surface area contributed by atoms with E-state index in [1.165, 1.54) is 6.08 Å². The monoisotopic (exact) mass is 440 g/mol. The zero-order chi connectivity index (χ0) is 19.9. The maximum absolute atomic E-state index is 12.4. The summed E-state index contributed by atoms with van der Waals surface area (Å²) in [6, 6.07) is 15.6. The van der Waals surface area contributed by atoms with Crippen LogP contribution in [0, 0.1) is 11.3 Å². The van der Waals surface area contributed by atoms with Crippen LogP contribution in [0.25, 0.3) is 6.08 Å². The molecule has 1 fully saturated rings. The maximum atomic E-state index is 12.4. The molecule has 2 aromatic rings. The van der Waals surface area contributed by atoms with Gasteiger partial charge in [0.1, 0.15) is 17.4 Å². The third-order valence-electron chi connectivity index (χ3n) is 4.14. The summed E-state index contributed by atoms with van der Waals surface area (Å²) in [7, 11) is 0. The summed E-state index contributed by atoms with van der Waals surface area (Å²) < 4.78 is 11.2. The first kappa shape index (κ1) is 19.8. The molecule has 1 aliphatic heterocycles. The first-order valence-corrected chi connectivity index (χ1v) is 9.43. The number of amides is 1. The van der Waals surface area contributed by atoms with Crippen molar-refractivity contribution in [3.05, 3.63) is 69.7 Å². The Morgan fingerprint density at radius 2 is 1.79 bits per heavy atom. The van der Waals surface area contributed by atoms with Gasteiger partial charge < -0.3 is 14.4 Å². The van der Waals surface area contributed by atoms with Gasteiger partial charge in [-0.1, -0.05) is 24.3 Å². The highest BCUT2D eigenvalue weighted by atomic mass is 79.9. The highest BCUT2D eigenvalue weighted by Gasteiger charge is 2.20. The van der Waals surface area contributed by atoms with Crippen molar-refractivity contribution in [2.24, 2.45) is 0 Å². The van der Waals surface area contributed by atoms with E-state index in [-0.39, 0.29) is 11.5 Å². The highest BCUT2D eigenvalue weighted by molar-refractivity contribution is 9.10. The quantitative estimate of drug-likeness (QED) is 0.314. The predicted molar refractivity (Wildman–Crippen MR) is 107 cm³/mol. The van der Waals surface area contributed by atoms with Gasteiger partial charge in [0.05, 0.1) is 18.8 Å². The summed E-state index contributed by atoms with van der Waals surface area (Å²) in [4.78, 5) is 26.3. The molecule has 0 saturated carbocycles. The van der Waals surface area contributed by atoms with E-state index in [1.54, 1.807) is 47.4 Å². The fraction of sp³-hybridized carbons (Fsp3) is 0.190. The van der Waals surface area contributed by atoms with Gasteiger partial charge in [-0.15, -0.1) is 0 Å². The van der Waals surface area contributed by atoms with E-state index >= 15 is 0 Å². The second kappa shape index (κ2) is 9.31. The van der Waals surface area contributed by atoms with E-state index in [2.05, 4.69) is 15.9 Å². The van der Waals surface area contributed by atoms with Crippen LogP contribution in [0.5, 0.6) is 5.75 Å². The highest BCUT2D eigenvalue weighted by Crippen LogP contribution is 2.20. The minimum absolute atomic E-state index is 0.0554. The zero-order valence-electron chi connectivity index (χ0n) is 14.9. The lowest BCUT2D eigenvalue weighted by molar-refractivity contribution is -0.130. The van der Waals surface area contributed by atoms with Gasteiger partial charge in [0.2, 0.25) is 0 Å². The van der Waals surface area contributed by atoms with Crippen molar-refractivity contribution < 1.29 is 19.1 Å². The molecule has 0 bridgehead atoms. The van der Waals surface area contributed by atoms with Gasteiger partial charge in [-0.2, -0.15) is 5.26 Å². The molecule has 0 aliphatic carbocycles. The molecular formula is C21H17BrN2O4. The van der Waals surface area contributed by atoms with Crippen molar-refractivity contribution in [3.8, 4) is 11.8 Å². The van der Waals surface area contributed by atoms with Crippen LogP contribution < -0.4 is 4.74 Å². The number of nitrogens with zero attached hydrogens (tertiary/aromatic N) is 2. The number of carbonyl (C=O) groups is 2. The molecule has 3 rings (SSSR count). The van der Waals surface area contributed by atoms with Crippen LogP contribution in [0.4, 0.5) is 0 Å². The summed E-state index contributed by atoms with van der Waals surface area (Å²) in [6.07, 6.45) is 1.52. The lowest BCUT2D eigenvalue weighted by Gasteiger charge is -2.26. The van der Waals surface area contributed by atoms with Crippen LogP contribution in [0.1, 0.15) is 15.9 Å². The van der Waals surface area contributed by atoms with Crippen molar-refractivity contribution in [1.82, 2.24) is 4.90 Å². The Kier molecular flexibility index (Phi) is 6.58. The molecule has 1 heterocycles. The molecule has 2 aromatic carbocycles. The van der Waals surface area contributed by atoms with E-state index in [1.807, 2.05) is 12.1 Å². The Balaban J connectivity index is 1.70. The number of esters is 1. The average molecular weight is 441 g/mol. The molecule has 7 heteroatoms. The second-order valence-corrected chi connectivity index (χ2v) is 6.87. The minimum Gasteiger partial charge on any atom is -0.423 e. The Bertz CT molecular complexity index is 942. The summed E-state index contributed by atoms with van der Waals surface area (Å²) >= 11 is 3.32. The van der Waals surface area contributed by atoms with E-state index in [4.69, 9.17) is 9.47 Å². The maximum Gasteiger partial charge on any atom is 0.344 e. The Morgan fingerprint density at radius 3 is 2.43 bits per heavy atom. The van der Waals surface area contributed by atoms with Crippen LogP contribution in [0.2, 0.25) is 0 Å². The lowest BCUT2D eigenvalue weighted by Crippen LogP contribution is -2.41. The number of carbonyl (C=O) groups excluding carboxylic acids is 2. The largest absolute Gasteiger partial charge is 0.423 e. The molecule has 0 aromatic heterocycles. The van der Waals surface area contributed by atoms with Crippen molar-refractivity contribution >= 4 is 33.9 Å². The molecule has 0 spiro atoms. The summed E-state index contributed by atoms with van der Waals surface area (Å²) in [6.45, 7) is 1.90. The first-order valence-electron chi connectivity index (χ1n) is 8.64. The van der Waals surface area contributed by atoms with Gasteiger partial charge in [0.15, 0.2) is 0 Å². The average Bonchev–Trinajstić information content (AvgIpc) is 2.73. The predicted octanol–water partition coefficient (Wildman–Crippen LogP) is 3.43. The molecule has 1 amide bonds. The van der Waals surface area contributed by atoms with Crippen LogP contribution >= 0.6 is 15.9 Å². The standard InChI is InChI=1S/C21H17BrN2O4/c22-19-4-2-1-3-18(19)21(26)28-17-7-5-15(6-8-17)13-16(14-23)20(25)24-9-11-27-12-10-24/h1-8,13H,9-12H2/b16-13+. The third kappa shape index (κ3) is 4.85. The van der Waals surface area contributed by atoms with Gasteiger partial charge >= 0.3 is 5.97 Å². The molecule has 1 aliphatic rings. The molecule has 0 N–H and O–H groups in total. The van der Waals surface area contributed by atoms with E-state index in [0.717, 1.165) is 0 Å². The molecule has 28 heavy (non-hydrogen) atoms. The number of halogens is 1. The topological polar surface area (TPSA) is 79.6 Å².